The molecule has 0 aliphatic carbocycles. The van der Waals surface area contributed by atoms with Gasteiger partial charge in [0.05, 0.1) is 7.11 Å². The molecule has 0 spiro atoms. The van der Waals surface area contributed by atoms with Crippen LogP contribution < -0.4 is 5.32 Å². The fourth-order valence-corrected chi connectivity index (χ4v) is 2.77. The van der Waals surface area contributed by atoms with Crippen LogP contribution in [-0.4, -0.2) is 50.7 Å². The molecule has 1 N–H and O–H groups in total. The van der Waals surface area contributed by atoms with Gasteiger partial charge >= 0.3 is 5.97 Å². The maximum atomic E-state index is 11.4. The minimum atomic E-state index is -0.0604. The normalized spacial score (nSPS) is 24.2. The summed E-state index contributed by atoms with van der Waals surface area (Å²) in [6.07, 6.45) is 2.86. The molecule has 1 saturated heterocycles. The summed E-state index contributed by atoms with van der Waals surface area (Å²) in [5.41, 5.74) is 0. The molecule has 0 unspecified atom stereocenters. The monoisotopic (exact) mass is 256 g/mol. The van der Waals surface area contributed by atoms with Gasteiger partial charge in [0.25, 0.3) is 0 Å². The first-order valence-electron chi connectivity index (χ1n) is 7.21. The summed E-state index contributed by atoms with van der Waals surface area (Å²) >= 11 is 0. The number of rotatable bonds is 7. The van der Waals surface area contributed by atoms with Crippen LogP contribution in [0.1, 0.15) is 33.1 Å². The van der Waals surface area contributed by atoms with Crippen molar-refractivity contribution in [1.29, 1.82) is 0 Å². The molecule has 1 fully saturated rings. The number of methoxy groups -OCH3 is 1. The van der Waals surface area contributed by atoms with Crippen LogP contribution in [0, 0.1) is 11.8 Å². The van der Waals surface area contributed by atoms with Crippen molar-refractivity contribution in [1.82, 2.24) is 10.2 Å². The van der Waals surface area contributed by atoms with E-state index in [1.807, 2.05) is 0 Å². The number of hydrogen-bond donors (Lipinski definition) is 1. The highest BCUT2D eigenvalue weighted by Gasteiger charge is 2.27. The van der Waals surface area contributed by atoms with Crippen molar-refractivity contribution in [3.05, 3.63) is 0 Å². The van der Waals surface area contributed by atoms with Gasteiger partial charge < -0.3 is 15.0 Å². The first kappa shape index (κ1) is 15.4. The number of carbonyl (C=O) groups is 1. The number of esters is 1. The zero-order valence-electron chi connectivity index (χ0n) is 12.1. The Morgan fingerprint density at radius 2 is 2.06 bits per heavy atom. The third kappa shape index (κ3) is 4.94. The van der Waals surface area contributed by atoms with Crippen LogP contribution in [0.3, 0.4) is 0 Å². The molecule has 106 valence electrons. The van der Waals surface area contributed by atoms with E-state index in [-0.39, 0.29) is 5.97 Å². The molecular weight excluding hydrogens is 228 g/mol. The molecule has 0 radical (unpaired) electrons. The van der Waals surface area contributed by atoms with Crippen molar-refractivity contribution < 1.29 is 9.53 Å². The smallest absolute Gasteiger partial charge is 0.305 e. The van der Waals surface area contributed by atoms with Crippen LogP contribution >= 0.6 is 0 Å². The van der Waals surface area contributed by atoms with Crippen LogP contribution in [0.4, 0.5) is 0 Å². The Bertz CT molecular complexity index is 242. The van der Waals surface area contributed by atoms with Crippen molar-refractivity contribution >= 4 is 5.97 Å². The molecule has 1 aliphatic heterocycles. The van der Waals surface area contributed by atoms with Gasteiger partial charge in [0.15, 0.2) is 0 Å². The highest BCUT2D eigenvalue weighted by atomic mass is 16.5. The largest absolute Gasteiger partial charge is 0.469 e. The Labute approximate surface area is 111 Å². The Hall–Kier alpha value is -0.610. The lowest BCUT2D eigenvalue weighted by Crippen LogP contribution is -2.39. The molecule has 0 aromatic rings. The van der Waals surface area contributed by atoms with E-state index >= 15 is 0 Å². The summed E-state index contributed by atoms with van der Waals surface area (Å²) in [5, 5.41) is 3.45. The standard InChI is InChI=1S/C14H28N2O2/c1-4-16(5-2)9-7-13-11-15-8-6-12(13)10-14(17)18-3/h12-13,15H,4-11H2,1-3H3/t12-,13-/m0/s1. The summed E-state index contributed by atoms with van der Waals surface area (Å²) in [6, 6.07) is 0. The van der Waals surface area contributed by atoms with E-state index in [1.165, 1.54) is 13.5 Å². The molecule has 2 atom stereocenters. The second-order valence-electron chi connectivity index (χ2n) is 5.11. The zero-order chi connectivity index (χ0) is 13.4. The Balaban J connectivity index is 2.41. The zero-order valence-corrected chi connectivity index (χ0v) is 12.1. The highest BCUT2D eigenvalue weighted by Crippen LogP contribution is 2.26. The minimum absolute atomic E-state index is 0.0604. The minimum Gasteiger partial charge on any atom is -0.469 e. The third-order valence-electron chi connectivity index (χ3n) is 4.13. The van der Waals surface area contributed by atoms with E-state index in [0.29, 0.717) is 18.3 Å². The molecule has 0 aromatic heterocycles. The van der Waals surface area contributed by atoms with E-state index in [0.717, 1.165) is 39.1 Å². The number of nitrogens with one attached hydrogen (secondary N) is 1. The topological polar surface area (TPSA) is 41.6 Å². The third-order valence-corrected chi connectivity index (χ3v) is 4.13. The predicted molar refractivity (Wildman–Crippen MR) is 73.5 cm³/mol. The molecule has 0 saturated carbocycles. The van der Waals surface area contributed by atoms with E-state index in [4.69, 9.17) is 4.74 Å². The SMILES string of the molecule is CCN(CC)CC[C@H]1CNCC[C@H]1CC(=O)OC. The average Bonchev–Trinajstić information content (AvgIpc) is 2.41. The van der Waals surface area contributed by atoms with Gasteiger partial charge in [-0.3, -0.25) is 4.79 Å². The van der Waals surface area contributed by atoms with Crippen LogP contribution in [-0.2, 0) is 9.53 Å². The van der Waals surface area contributed by atoms with Crippen molar-refractivity contribution in [3.8, 4) is 0 Å². The number of ether oxygens (including phenoxy) is 1. The van der Waals surface area contributed by atoms with Gasteiger partial charge in [-0.05, 0) is 57.4 Å². The van der Waals surface area contributed by atoms with E-state index in [1.54, 1.807) is 0 Å². The summed E-state index contributed by atoms with van der Waals surface area (Å²) in [5.74, 6) is 1.04. The second-order valence-corrected chi connectivity index (χ2v) is 5.11. The summed E-state index contributed by atoms with van der Waals surface area (Å²) in [6.45, 7) is 9.84. The Morgan fingerprint density at radius 3 is 2.67 bits per heavy atom. The number of carbonyl (C=O) groups excluding carboxylic acids is 1. The summed E-state index contributed by atoms with van der Waals surface area (Å²) in [7, 11) is 1.48. The van der Waals surface area contributed by atoms with Crippen molar-refractivity contribution in [2.75, 3.05) is 39.8 Å². The predicted octanol–water partition coefficient (Wildman–Crippen LogP) is 1.51. The van der Waals surface area contributed by atoms with Gasteiger partial charge in [0.1, 0.15) is 0 Å². The quantitative estimate of drug-likeness (QED) is 0.701. The van der Waals surface area contributed by atoms with Crippen LogP contribution in [0.25, 0.3) is 0 Å². The van der Waals surface area contributed by atoms with Crippen LogP contribution in [0.2, 0.25) is 0 Å². The van der Waals surface area contributed by atoms with E-state index < -0.39 is 0 Å². The molecule has 0 amide bonds. The van der Waals surface area contributed by atoms with Crippen molar-refractivity contribution in [2.24, 2.45) is 11.8 Å². The van der Waals surface area contributed by atoms with Gasteiger partial charge in [-0.1, -0.05) is 13.8 Å². The Morgan fingerprint density at radius 1 is 1.33 bits per heavy atom. The molecule has 0 bridgehead atoms. The first-order valence-corrected chi connectivity index (χ1v) is 7.21. The molecule has 0 aromatic carbocycles. The van der Waals surface area contributed by atoms with Gasteiger partial charge in [0, 0.05) is 6.42 Å². The van der Waals surface area contributed by atoms with E-state index in [9.17, 15) is 4.79 Å². The molecular formula is C14H28N2O2. The van der Waals surface area contributed by atoms with E-state index in [2.05, 4.69) is 24.1 Å². The van der Waals surface area contributed by atoms with Gasteiger partial charge in [-0.2, -0.15) is 0 Å². The van der Waals surface area contributed by atoms with Gasteiger partial charge in [0.2, 0.25) is 0 Å². The number of nitrogens with zero attached hydrogens (tertiary/aromatic N) is 1. The number of piperidine rings is 1. The fourth-order valence-electron chi connectivity index (χ4n) is 2.77. The lowest BCUT2D eigenvalue weighted by Gasteiger charge is -2.33. The first-order chi connectivity index (χ1) is 8.71. The maximum absolute atomic E-state index is 11.4. The van der Waals surface area contributed by atoms with Crippen LogP contribution in [0.15, 0.2) is 0 Å². The molecule has 1 heterocycles. The molecule has 4 nitrogen and oxygen atoms in total. The average molecular weight is 256 g/mol. The highest BCUT2D eigenvalue weighted by molar-refractivity contribution is 5.69. The second kappa shape index (κ2) is 8.48. The molecule has 1 aliphatic rings. The molecule has 18 heavy (non-hydrogen) atoms. The number of hydrogen-bond acceptors (Lipinski definition) is 4. The maximum Gasteiger partial charge on any atom is 0.305 e. The van der Waals surface area contributed by atoms with Gasteiger partial charge in [-0.25, -0.2) is 0 Å². The molecule has 4 heteroatoms. The molecule has 1 rings (SSSR count). The summed E-state index contributed by atoms with van der Waals surface area (Å²) < 4.78 is 4.80. The van der Waals surface area contributed by atoms with Crippen molar-refractivity contribution in [3.63, 3.8) is 0 Å². The summed E-state index contributed by atoms with van der Waals surface area (Å²) in [4.78, 5) is 13.9. The Kier molecular flexibility index (Phi) is 7.28. The fraction of sp³-hybridized carbons (Fsp3) is 0.929. The van der Waals surface area contributed by atoms with Crippen LogP contribution in [0.5, 0.6) is 0 Å². The van der Waals surface area contributed by atoms with Gasteiger partial charge in [-0.15, -0.1) is 0 Å². The van der Waals surface area contributed by atoms with Crippen molar-refractivity contribution in [2.45, 2.75) is 33.1 Å². The lowest BCUT2D eigenvalue weighted by atomic mass is 9.82. The lowest BCUT2D eigenvalue weighted by molar-refractivity contribution is -0.142.